The van der Waals surface area contributed by atoms with Crippen molar-refractivity contribution in [1.29, 1.82) is 0 Å². The Bertz CT molecular complexity index is 1240. The van der Waals surface area contributed by atoms with E-state index in [1.165, 1.54) is 6.21 Å². The summed E-state index contributed by atoms with van der Waals surface area (Å²) in [6.07, 6.45) is 1.38. The number of halogens is 5. The average molecular weight is 771 g/mol. The first-order chi connectivity index (χ1) is 15.7. The Morgan fingerprint density at radius 1 is 1.06 bits per heavy atom. The van der Waals surface area contributed by atoms with Gasteiger partial charge in [0, 0.05) is 18.6 Å². The summed E-state index contributed by atoms with van der Waals surface area (Å²) in [5.41, 5.74) is 3.29. The van der Waals surface area contributed by atoms with Gasteiger partial charge < -0.3 is 9.47 Å². The molecule has 0 heterocycles. The Morgan fingerprint density at radius 3 is 2.55 bits per heavy atom. The Labute approximate surface area is 233 Å². The van der Waals surface area contributed by atoms with Gasteiger partial charge in [-0.3, -0.25) is 4.79 Å². The summed E-state index contributed by atoms with van der Waals surface area (Å²) in [5, 5.41) is 4.50. The molecule has 0 aliphatic heterocycles. The molecule has 6 nitrogen and oxygen atoms in total. The number of nitrogens with zero attached hydrogens (tertiary/aromatic N) is 1. The van der Waals surface area contributed by atoms with E-state index in [0.717, 1.165) is 8.04 Å². The molecule has 11 heteroatoms. The van der Waals surface area contributed by atoms with Crippen LogP contribution in [0.15, 0.2) is 73.1 Å². The number of benzene rings is 3. The standard InChI is InChI=1S/C22H13Br3ClIN2O4/c23-13-7-12(10-28-29-20(30)11-32-19-6-5-14(26)9-16(19)24)21(17(25)8-13)33-22(31)15-3-1-2-4-18(15)27/h1-10H,11H2,(H,29,30)/b28-10+. The van der Waals surface area contributed by atoms with Crippen LogP contribution < -0.4 is 14.9 Å². The predicted molar refractivity (Wildman–Crippen MR) is 146 cm³/mol. The molecule has 1 amide bonds. The van der Waals surface area contributed by atoms with E-state index in [9.17, 15) is 9.59 Å². The summed E-state index contributed by atoms with van der Waals surface area (Å²) in [7, 11) is 0. The zero-order valence-electron chi connectivity index (χ0n) is 16.5. The molecule has 0 saturated heterocycles. The van der Waals surface area contributed by atoms with Crippen molar-refractivity contribution in [1.82, 2.24) is 5.43 Å². The summed E-state index contributed by atoms with van der Waals surface area (Å²) in [6.45, 7) is -0.256. The fraction of sp³-hybridized carbons (Fsp3) is 0.0455. The molecule has 1 N–H and O–H groups in total. The van der Waals surface area contributed by atoms with Crippen LogP contribution >= 0.6 is 82.0 Å². The molecule has 0 aromatic heterocycles. The quantitative estimate of drug-likeness (QED) is 0.0926. The first kappa shape index (κ1) is 26.1. The van der Waals surface area contributed by atoms with Crippen molar-refractivity contribution in [3.05, 3.63) is 87.7 Å². The smallest absolute Gasteiger partial charge is 0.344 e. The van der Waals surface area contributed by atoms with E-state index in [2.05, 4.69) is 80.9 Å². The van der Waals surface area contributed by atoms with Crippen molar-refractivity contribution < 1.29 is 19.1 Å². The molecule has 170 valence electrons. The zero-order chi connectivity index (χ0) is 24.0. The van der Waals surface area contributed by atoms with Gasteiger partial charge >= 0.3 is 5.97 Å². The highest BCUT2D eigenvalue weighted by molar-refractivity contribution is 14.1. The van der Waals surface area contributed by atoms with Crippen molar-refractivity contribution in [3.63, 3.8) is 0 Å². The van der Waals surface area contributed by atoms with Crippen LogP contribution in [-0.2, 0) is 4.79 Å². The first-order valence-electron chi connectivity index (χ1n) is 9.10. The average Bonchev–Trinajstić information content (AvgIpc) is 2.75. The highest BCUT2D eigenvalue weighted by Crippen LogP contribution is 2.33. The van der Waals surface area contributed by atoms with Crippen LogP contribution in [-0.4, -0.2) is 24.7 Å². The molecule has 0 aliphatic rings. The molecule has 0 bridgehead atoms. The lowest BCUT2D eigenvalue weighted by atomic mass is 10.2. The van der Waals surface area contributed by atoms with Gasteiger partial charge in [0.15, 0.2) is 12.4 Å². The molecule has 0 atom stereocenters. The minimum atomic E-state index is -0.511. The number of rotatable bonds is 7. The van der Waals surface area contributed by atoms with Gasteiger partial charge in [0.25, 0.3) is 5.91 Å². The van der Waals surface area contributed by atoms with Gasteiger partial charge in [0.2, 0.25) is 0 Å². The number of carbonyl (C=O) groups is 2. The summed E-state index contributed by atoms with van der Waals surface area (Å²) < 4.78 is 13.7. The van der Waals surface area contributed by atoms with Crippen LogP contribution in [0, 0.1) is 3.57 Å². The number of carbonyl (C=O) groups excluding carboxylic acids is 2. The van der Waals surface area contributed by atoms with E-state index in [1.54, 1.807) is 42.5 Å². The van der Waals surface area contributed by atoms with Gasteiger partial charge in [-0.05, 0) is 96.9 Å². The molecular formula is C22H13Br3ClIN2O4. The van der Waals surface area contributed by atoms with Crippen molar-refractivity contribution >= 4 is 100 Å². The van der Waals surface area contributed by atoms with Gasteiger partial charge in [-0.2, -0.15) is 5.10 Å². The Balaban J connectivity index is 1.69. The lowest BCUT2D eigenvalue weighted by molar-refractivity contribution is -0.123. The third-order valence-electron chi connectivity index (χ3n) is 3.97. The minimum Gasteiger partial charge on any atom is -0.483 e. The monoisotopic (exact) mass is 768 g/mol. The number of amides is 1. The third kappa shape index (κ3) is 7.51. The minimum absolute atomic E-state index is 0.256. The van der Waals surface area contributed by atoms with Gasteiger partial charge in [0.1, 0.15) is 5.75 Å². The topological polar surface area (TPSA) is 77.0 Å². The van der Waals surface area contributed by atoms with Crippen LogP contribution in [0.2, 0.25) is 5.02 Å². The fourth-order valence-electron chi connectivity index (χ4n) is 2.50. The van der Waals surface area contributed by atoms with E-state index in [-0.39, 0.29) is 12.4 Å². The molecule has 0 spiro atoms. The number of ether oxygens (including phenoxy) is 2. The van der Waals surface area contributed by atoms with Crippen molar-refractivity contribution in [2.75, 3.05) is 6.61 Å². The number of hydrazone groups is 1. The Morgan fingerprint density at radius 2 is 1.82 bits per heavy atom. The van der Waals surface area contributed by atoms with Crippen LogP contribution in [0.4, 0.5) is 0 Å². The zero-order valence-corrected chi connectivity index (χ0v) is 24.1. The second kappa shape index (κ2) is 12.3. The highest BCUT2D eigenvalue weighted by atomic mass is 127. The van der Waals surface area contributed by atoms with Gasteiger partial charge in [-0.25, -0.2) is 10.2 Å². The van der Waals surface area contributed by atoms with Crippen molar-refractivity contribution in [2.24, 2.45) is 5.10 Å². The summed E-state index contributed by atoms with van der Waals surface area (Å²) in [6, 6.07) is 15.5. The maximum Gasteiger partial charge on any atom is 0.344 e. The summed E-state index contributed by atoms with van der Waals surface area (Å²) in [4.78, 5) is 24.8. The van der Waals surface area contributed by atoms with E-state index >= 15 is 0 Å². The fourth-order valence-corrected chi connectivity index (χ4v) is 5.24. The maximum absolute atomic E-state index is 12.7. The molecular weight excluding hydrogens is 758 g/mol. The maximum atomic E-state index is 12.7. The number of hydrogen-bond acceptors (Lipinski definition) is 5. The largest absolute Gasteiger partial charge is 0.483 e. The number of nitrogens with one attached hydrogen (secondary N) is 1. The second-order valence-electron chi connectivity index (χ2n) is 6.33. The first-order valence-corrected chi connectivity index (χ1v) is 12.9. The molecule has 3 aromatic rings. The molecule has 0 aliphatic carbocycles. The Kier molecular flexibility index (Phi) is 9.74. The Hall–Kier alpha value is -1.47. The molecule has 3 aromatic carbocycles. The number of hydrogen-bond donors (Lipinski definition) is 1. The molecule has 0 saturated carbocycles. The van der Waals surface area contributed by atoms with Crippen LogP contribution in [0.1, 0.15) is 15.9 Å². The van der Waals surface area contributed by atoms with Crippen molar-refractivity contribution in [2.45, 2.75) is 0 Å². The van der Waals surface area contributed by atoms with E-state index in [0.29, 0.717) is 30.8 Å². The molecule has 0 fully saturated rings. The molecule has 3 rings (SSSR count). The van der Waals surface area contributed by atoms with E-state index < -0.39 is 11.9 Å². The third-order valence-corrected chi connectivity index (χ3v) is 6.81. The lowest BCUT2D eigenvalue weighted by Gasteiger charge is -2.11. The summed E-state index contributed by atoms with van der Waals surface area (Å²) >= 11 is 18.1. The van der Waals surface area contributed by atoms with Gasteiger partial charge in [0.05, 0.1) is 20.7 Å². The predicted octanol–water partition coefficient (Wildman–Crippen LogP) is 6.98. The molecule has 33 heavy (non-hydrogen) atoms. The van der Waals surface area contributed by atoms with Gasteiger partial charge in [-0.15, -0.1) is 0 Å². The van der Waals surface area contributed by atoms with E-state index in [1.807, 2.05) is 12.1 Å². The van der Waals surface area contributed by atoms with E-state index in [4.69, 9.17) is 21.1 Å². The van der Waals surface area contributed by atoms with Crippen molar-refractivity contribution in [3.8, 4) is 11.5 Å². The molecule has 0 radical (unpaired) electrons. The highest BCUT2D eigenvalue weighted by Gasteiger charge is 2.17. The second-order valence-corrected chi connectivity index (χ2v) is 10.6. The van der Waals surface area contributed by atoms with Gasteiger partial charge in [-0.1, -0.05) is 39.7 Å². The lowest BCUT2D eigenvalue weighted by Crippen LogP contribution is -2.24. The SMILES string of the molecule is O=C(COc1ccc(Cl)cc1Br)N/N=C/c1cc(Br)cc(Br)c1OC(=O)c1ccccc1I. The van der Waals surface area contributed by atoms with Crippen LogP contribution in [0.25, 0.3) is 0 Å². The van der Waals surface area contributed by atoms with Crippen LogP contribution in [0.3, 0.4) is 0 Å². The van der Waals surface area contributed by atoms with Crippen LogP contribution in [0.5, 0.6) is 11.5 Å². The number of esters is 1. The molecule has 0 unspecified atom stereocenters. The summed E-state index contributed by atoms with van der Waals surface area (Å²) in [5.74, 6) is -0.246. The normalized spacial score (nSPS) is 10.8.